The molecule has 2 N–H and O–H groups in total. The van der Waals surface area contributed by atoms with Crippen LogP contribution in [0.3, 0.4) is 0 Å². The molecule has 0 aliphatic rings. The van der Waals surface area contributed by atoms with Gasteiger partial charge in [-0.1, -0.05) is 6.92 Å². The topological polar surface area (TPSA) is 97.3 Å². The van der Waals surface area contributed by atoms with Crippen LogP contribution in [0.15, 0.2) is 12.1 Å². The van der Waals surface area contributed by atoms with Gasteiger partial charge in [0.1, 0.15) is 0 Å². The number of carboxylic acids is 1. The first kappa shape index (κ1) is 22.8. The van der Waals surface area contributed by atoms with Crippen molar-refractivity contribution in [2.45, 2.75) is 13.3 Å². The van der Waals surface area contributed by atoms with Crippen LogP contribution < -0.4 is 19.5 Å². The number of hydrogen-bond donors (Lipinski definition) is 2. The van der Waals surface area contributed by atoms with E-state index in [4.69, 9.17) is 19.3 Å². The van der Waals surface area contributed by atoms with E-state index in [1.54, 1.807) is 17.0 Å². The van der Waals surface area contributed by atoms with Crippen molar-refractivity contribution in [2.24, 2.45) is 0 Å². The molecule has 1 aromatic rings. The Morgan fingerprint density at radius 2 is 1.64 bits per heavy atom. The number of carbonyl (C=O) groups is 2. The molecular formula is C16H25ClN2O6. The Bertz CT molecular complexity index is 557. The number of halogens is 1. The van der Waals surface area contributed by atoms with Crippen molar-refractivity contribution in [1.82, 2.24) is 4.90 Å². The van der Waals surface area contributed by atoms with Gasteiger partial charge < -0.3 is 24.6 Å². The van der Waals surface area contributed by atoms with Gasteiger partial charge >= 0.3 is 5.97 Å². The van der Waals surface area contributed by atoms with Crippen molar-refractivity contribution >= 4 is 30.0 Å². The van der Waals surface area contributed by atoms with Crippen LogP contribution in [0.25, 0.3) is 0 Å². The Morgan fingerprint density at radius 1 is 1.08 bits per heavy atom. The monoisotopic (exact) mass is 376 g/mol. The molecule has 0 heterocycles. The number of amides is 1. The summed E-state index contributed by atoms with van der Waals surface area (Å²) in [6.07, 6.45) is 0.755. The molecule has 0 spiro atoms. The number of nitrogens with zero attached hydrogens (tertiary/aromatic N) is 1. The molecule has 0 fully saturated rings. The van der Waals surface area contributed by atoms with E-state index in [-0.39, 0.29) is 31.4 Å². The lowest BCUT2D eigenvalue weighted by Gasteiger charge is -2.19. The summed E-state index contributed by atoms with van der Waals surface area (Å²) < 4.78 is 15.7. The fraction of sp³-hybridized carbons (Fsp3) is 0.500. The van der Waals surface area contributed by atoms with E-state index in [2.05, 4.69) is 5.32 Å². The van der Waals surface area contributed by atoms with Crippen molar-refractivity contribution in [3.05, 3.63) is 12.1 Å². The standard InChI is InChI=1S/C16H24N2O6.ClH/c1-5-6-18(10-15(20)21)9-14(19)17-11-7-12(22-2)16(24-4)13(8-11)23-3;/h7-8H,5-6,9-10H2,1-4H3,(H,17,19)(H,20,21);1H. The van der Waals surface area contributed by atoms with E-state index in [0.29, 0.717) is 29.5 Å². The average molecular weight is 377 g/mol. The molecule has 0 saturated heterocycles. The first-order valence-electron chi connectivity index (χ1n) is 7.49. The van der Waals surface area contributed by atoms with Crippen molar-refractivity contribution in [3.63, 3.8) is 0 Å². The molecule has 0 bridgehead atoms. The van der Waals surface area contributed by atoms with E-state index >= 15 is 0 Å². The van der Waals surface area contributed by atoms with Gasteiger partial charge in [-0.05, 0) is 13.0 Å². The molecule has 9 heteroatoms. The van der Waals surface area contributed by atoms with Crippen molar-refractivity contribution in [2.75, 3.05) is 46.3 Å². The number of carboxylic acid groups (broad SMARTS) is 1. The fourth-order valence-corrected chi connectivity index (χ4v) is 2.28. The molecule has 0 aromatic heterocycles. The number of benzene rings is 1. The summed E-state index contributed by atoms with van der Waals surface area (Å²) >= 11 is 0. The first-order valence-corrected chi connectivity index (χ1v) is 7.49. The third-order valence-corrected chi connectivity index (χ3v) is 3.21. The van der Waals surface area contributed by atoms with Gasteiger partial charge in [-0.25, -0.2) is 0 Å². The van der Waals surface area contributed by atoms with Gasteiger partial charge in [0.05, 0.1) is 34.4 Å². The van der Waals surface area contributed by atoms with Crippen molar-refractivity contribution < 1.29 is 28.9 Å². The Hall–Kier alpha value is -2.19. The van der Waals surface area contributed by atoms with E-state index in [1.165, 1.54) is 21.3 Å². The Labute approximate surface area is 153 Å². The summed E-state index contributed by atoms with van der Waals surface area (Å²) in [5.41, 5.74) is 0.473. The first-order chi connectivity index (χ1) is 11.4. The predicted octanol–water partition coefficient (Wildman–Crippen LogP) is 1.87. The van der Waals surface area contributed by atoms with Gasteiger partial charge in [0, 0.05) is 17.8 Å². The summed E-state index contributed by atoms with van der Waals surface area (Å²) in [6, 6.07) is 3.22. The Balaban J connectivity index is 0.00000576. The Morgan fingerprint density at radius 3 is 2.04 bits per heavy atom. The highest BCUT2D eigenvalue weighted by Gasteiger charge is 2.17. The summed E-state index contributed by atoms with van der Waals surface area (Å²) in [5, 5.41) is 11.6. The smallest absolute Gasteiger partial charge is 0.317 e. The normalized spacial score (nSPS) is 9.96. The van der Waals surface area contributed by atoms with Crippen LogP contribution in [0.2, 0.25) is 0 Å². The highest BCUT2D eigenvalue weighted by Crippen LogP contribution is 2.39. The molecule has 1 aromatic carbocycles. The number of rotatable bonds is 10. The van der Waals surface area contributed by atoms with Gasteiger partial charge in [-0.3, -0.25) is 14.5 Å². The third-order valence-electron chi connectivity index (χ3n) is 3.21. The molecule has 1 rings (SSSR count). The number of anilines is 1. The molecule has 0 aliphatic heterocycles. The summed E-state index contributed by atoms with van der Waals surface area (Å²) in [6.45, 7) is 2.24. The minimum Gasteiger partial charge on any atom is -0.493 e. The summed E-state index contributed by atoms with van der Waals surface area (Å²) in [5.74, 6) is -0.0225. The quantitative estimate of drug-likeness (QED) is 0.643. The molecular weight excluding hydrogens is 352 g/mol. The SMILES string of the molecule is CCCN(CC(=O)O)CC(=O)Nc1cc(OC)c(OC)c(OC)c1.Cl. The van der Waals surface area contributed by atoms with Crippen LogP contribution in [0.1, 0.15) is 13.3 Å². The maximum atomic E-state index is 12.2. The van der Waals surface area contributed by atoms with Gasteiger partial charge in [0.15, 0.2) is 11.5 Å². The minimum atomic E-state index is -0.968. The lowest BCUT2D eigenvalue weighted by Crippen LogP contribution is -2.37. The zero-order valence-corrected chi connectivity index (χ0v) is 15.6. The molecule has 142 valence electrons. The molecule has 0 radical (unpaired) electrons. The zero-order valence-electron chi connectivity index (χ0n) is 14.8. The number of nitrogens with one attached hydrogen (secondary N) is 1. The second-order valence-electron chi connectivity index (χ2n) is 5.07. The predicted molar refractivity (Wildman–Crippen MR) is 96.3 cm³/mol. The fourth-order valence-electron chi connectivity index (χ4n) is 2.28. The van der Waals surface area contributed by atoms with Crippen LogP contribution in [0, 0.1) is 0 Å². The molecule has 0 unspecified atom stereocenters. The maximum absolute atomic E-state index is 12.2. The third kappa shape index (κ3) is 7.06. The van der Waals surface area contributed by atoms with Gasteiger partial charge in [0.2, 0.25) is 11.7 Å². The van der Waals surface area contributed by atoms with Crippen LogP contribution in [-0.2, 0) is 9.59 Å². The number of carbonyl (C=O) groups excluding carboxylic acids is 1. The second kappa shape index (κ2) is 11.4. The largest absolute Gasteiger partial charge is 0.493 e. The molecule has 1 amide bonds. The molecule has 25 heavy (non-hydrogen) atoms. The van der Waals surface area contributed by atoms with E-state index < -0.39 is 5.97 Å². The van der Waals surface area contributed by atoms with Crippen LogP contribution >= 0.6 is 12.4 Å². The zero-order chi connectivity index (χ0) is 18.1. The lowest BCUT2D eigenvalue weighted by atomic mass is 10.2. The van der Waals surface area contributed by atoms with Crippen LogP contribution in [-0.4, -0.2) is 62.8 Å². The summed E-state index contributed by atoms with van der Waals surface area (Å²) in [4.78, 5) is 24.6. The van der Waals surface area contributed by atoms with E-state index in [1.807, 2.05) is 6.92 Å². The lowest BCUT2D eigenvalue weighted by molar-refractivity contribution is -0.138. The number of hydrogen-bond acceptors (Lipinski definition) is 6. The Kier molecular flexibility index (Phi) is 10.4. The minimum absolute atomic E-state index is 0. The van der Waals surface area contributed by atoms with Gasteiger partial charge in [-0.15, -0.1) is 12.4 Å². The molecule has 0 saturated carbocycles. The second-order valence-corrected chi connectivity index (χ2v) is 5.07. The number of aliphatic carboxylic acids is 1. The van der Waals surface area contributed by atoms with Crippen LogP contribution in [0.4, 0.5) is 5.69 Å². The number of methoxy groups -OCH3 is 3. The number of ether oxygens (including phenoxy) is 3. The maximum Gasteiger partial charge on any atom is 0.317 e. The van der Waals surface area contributed by atoms with E-state index in [0.717, 1.165) is 6.42 Å². The highest BCUT2D eigenvalue weighted by molar-refractivity contribution is 5.93. The molecule has 0 aliphatic carbocycles. The van der Waals surface area contributed by atoms with Crippen LogP contribution in [0.5, 0.6) is 17.2 Å². The molecule has 0 atom stereocenters. The highest BCUT2D eigenvalue weighted by atomic mass is 35.5. The van der Waals surface area contributed by atoms with Gasteiger partial charge in [-0.2, -0.15) is 0 Å². The summed E-state index contributed by atoms with van der Waals surface area (Å²) in [7, 11) is 4.46. The van der Waals surface area contributed by atoms with Crippen molar-refractivity contribution in [1.29, 1.82) is 0 Å². The van der Waals surface area contributed by atoms with Crippen molar-refractivity contribution in [3.8, 4) is 17.2 Å². The molecule has 8 nitrogen and oxygen atoms in total. The van der Waals surface area contributed by atoms with Gasteiger partial charge in [0.25, 0.3) is 0 Å². The average Bonchev–Trinajstić information content (AvgIpc) is 2.53. The van der Waals surface area contributed by atoms with E-state index in [9.17, 15) is 9.59 Å².